The minimum absolute atomic E-state index is 0.0166. The topological polar surface area (TPSA) is 40.6 Å². The molecule has 1 aliphatic carbocycles. The van der Waals surface area contributed by atoms with Gasteiger partial charge in [-0.1, -0.05) is 32.6 Å². The summed E-state index contributed by atoms with van der Waals surface area (Å²) in [5, 5.41) is 0. The molecule has 0 radical (unpaired) electrons. The number of piperidine rings is 1. The van der Waals surface area contributed by atoms with E-state index in [1.54, 1.807) is 0 Å². The first kappa shape index (κ1) is 17.1. The van der Waals surface area contributed by atoms with Crippen LogP contribution in [0.3, 0.4) is 0 Å². The molecular weight excluding hydrogens is 308 g/mol. The van der Waals surface area contributed by atoms with Crippen LogP contribution >= 0.6 is 11.8 Å². The second-order valence-electron chi connectivity index (χ2n) is 7.26. The maximum Gasteiger partial charge on any atom is 0.223 e. The Labute approximate surface area is 144 Å². The third kappa shape index (κ3) is 3.70. The molecule has 5 heteroatoms. The van der Waals surface area contributed by atoms with Crippen molar-refractivity contribution in [2.75, 3.05) is 25.4 Å². The van der Waals surface area contributed by atoms with Gasteiger partial charge in [0.05, 0.1) is 4.87 Å². The lowest BCUT2D eigenvalue weighted by molar-refractivity contribution is -0.137. The summed E-state index contributed by atoms with van der Waals surface area (Å²) in [4.78, 5) is 28.8. The van der Waals surface area contributed by atoms with E-state index in [-0.39, 0.29) is 10.8 Å². The first-order valence-electron chi connectivity index (χ1n) is 9.37. The van der Waals surface area contributed by atoms with E-state index in [0.29, 0.717) is 12.3 Å². The fourth-order valence-corrected chi connectivity index (χ4v) is 5.94. The minimum Gasteiger partial charge on any atom is -0.342 e. The lowest BCUT2D eigenvalue weighted by atomic mass is 9.98. The van der Waals surface area contributed by atoms with Gasteiger partial charge in [-0.2, -0.15) is 0 Å². The molecule has 0 aromatic carbocycles. The fraction of sp³-hybridized carbons (Fsp3) is 0.889. The summed E-state index contributed by atoms with van der Waals surface area (Å²) >= 11 is 1.95. The predicted molar refractivity (Wildman–Crippen MR) is 94.2 cm³/mol. The molecule has 0 bridgehead atoms. The van der Waals surface area contributed by atoms with Gasteiger partial charge >= 0.3 is 0 Å². The van der Waals surface area contributed by atoms with Crippen LogP contribution in [0.2, 0.25) is 0 Å². The standard InChI is InChI=1S/C18H30N2O2S/c1-2-16(21)19-11-9-18(10-12-19)20(13-14-23-18)17(22)8-7-15-5-3-4-6-15/h15H,2-14H2,1H3. The van der Waals surface area contributed by atoms with Crippen molar-refractivity contribution in [3.8, 4) is 0 Å². The number of amides is 2. The molecule has 0 N–H and O–H groups in total. The monoisotopic (exact) mass is 338 g/mol. The SMILES string of the molecule is CCC(=O)N1CCC2(CC1)SCCN2C(=O)CCC1CCCC1. The fourth-order valence-electron chi connectivity index (χ4n) is 4.47. The molecule has 1 saturated carbocycles. The van der Waals surface area contributed by atoms with Gasteiger partial charge < -0.3 is 9.80 Å². The molecule has 0 aromatic heterocycles. The molecular formula is C18H30N2O2S. The zero-order valence-electron chi connectivity index (χ0n) is 14.4. The molecule has 3 fully saturated rings. The average molecular weight is 339 g/mol. The molecule has 2 amide bonds. The van der Waals surface area contributed by atoms with Crippen molar-refractivity contribution in [1.82, 2.24) is 9.80 Å². The summed E-state index contributed by atoms with van der Waals surface area (Å²) < 4.78 is 0. The van der Waals surface area contributed by atoms with E-state index in [1.165, 1.54) is 25.7 Å². The smallest absolute Gasteiger partial charge is 0.223 e. The summed E-state index contributed by atoms with van der Waals surface area (Å²) in [6.45, 7) is 4.45. The third-order valence-corrected chi connectivity index (χ3v) is 7.47. The second kappa shape index (κ2) is 7.45. The quantitative estimate of drug-likeness (QED) is 0.790. The number of hydrogen-bond acceptors (Lipinski definition) is 3. The average Bonchev–Trinajstić information content (AvgIpc) is 3.23. The van der Waals surface area contributed by atoms with Gasteiger partial charge in [-0.05, 0) is 25.2 Å². The zero-order valence-corrected chi connectivity index (χ0v) is 15.2. The highest BCUT2D eigenvalue weighted by Crippen LogP contribution is 2.44. The van der Waals surface area contributed by atoms with E-state index in [1.807, 2.05) is 23.6 Å². The molecule has 2 aliphatic heterocycles. The first-order valence-corrected chi connectivity index (χ1v) is 10.4. The lowest BCUT2D eigenvalue weighted by Gasteiger charge is -2.44. The maximum atomic E-state index is 12.8. The Morgan fingerprint density at radius 1 is 1.09 bits per heavy atom. The Morgan fingerprint density at radius 2 is 1.78 bits per heavy atom. The normalized spacial score (nSPS) is 24.6. The molecule has 3 aliphatic rings. The van der Waals surface area contributed by atoms with Crippen LogP contribution in [0.1, 0.15) is 64.7 Å². The van der Waals surface area contributed by atoms with E-state index >= 15 is 0 Å². The number of likely N-dealkylation sites (tertiary alicyclic amines) is 1. The number of nitrogens with zero attached hydrogens (tertiary/aromatic N) is 2. The van der Waals surface area contributed by atoms with E-state index in [2.05, 4.69) is 4.90 Å². The van der Waals surface area contributed by atoms with Crippen LogP contribution in [0.4, 0.5) is 0 Å². The van der Waals surface area contributed by atoms with Crippen molar-refractivity contribution >= 4 is 23.6 Å². The zero-order chi connectivity index (χ0) is 16.3. The van der Waals surface area contributed by atoms with E-state index < -0.39 is 0 Å². The Kier molecular flexibility index (Phi) is 5.55. The van der Waals surface area contributed by atoms with Crippen LogP contribution in [-0.2, 0) is 9.59 Å². The van der Waals surface area contributed by atoms with E-state index in [9.17, 15) is 9.59 Å². The Hall–Kier alpha value is -0.710. The van der Waals surface area contributed by atoms with Gasteiger partial charge in [0.2, 0.25) is 11.8 Å². The number of hydrogen-bond donors (Lipinski definition) is 0. The Bertz CT molecular complexity index is 440. The van der Waals surface area contributed by atoms with Gasteiger partial charge in [0.25, 0.3) is 0 Å². The second-order valence-corrected chi connectivity index (χ2v) is 8.72. The van der Waals surface area contributed by atoms with E-state index in [4.69, 9.17) is 0 Å². The van der Waals surface area contributed by atoms with Gasteiger partial charge in [0.1, 0.15) is 0 Å². The number of thioether (sulfide) groups is 1. The van der Waals surface area contributed by atoms with Crippen molar-refractivity contribution < 1.29 is 9.59 Å². The van der Waals surface area contributed by atoms with Crippen molar-refractivity contribution in [1.29, 1.82) is 0 Å². The van der Waals surface area contributed by atoms with Crippen LogP contribution in [0.25, 0.3) is 0 Å². The van der Waals surface area contributed by atoms with Gasteiger partial charge in [-0.3, -0.25) is 9.59 Å². The maximum absolute atomic E-state index is 12.8. The minimum atomic E-state index is -0.0166. The summed E-state index contributed by atoms with van der Waals surface area (Å²) in [5.74, 6) is 2.45. The number of carbonyl (C=O) groups excluding carboxylic acids is 2. The molecule has 0 aromatic rings. The molecule has 0 atom stereocenters. The first-order chi connectivity index (χ1) is 11.1. The number of carbonyl (C=O) groups is 2. The van der Waals surface area contributed by atoms with E-state index in [0.717, 1.165) is 57.0 Å². The Balaban J connectivity index is 1.54. The van der Waals surface area contributed by atoms with Crippen molar-refractivity contribution in [3.05, 3.63) is 0 Å². The highest BCUT2D eigenvalue weighted by molar-refractivity contribution is 8.00. The highest BCUT2D eigenvalue weighted by atomic mass is 32.2. The third-order valence-electron chi connectivity index (χ3n) is 5.92. The Morgan fingerprint density at radius 3 is 2.43 bits per heavy atom. The van der Waals surface area contributed by atoms with Gasteiger partial charge in [-0.15, -0.1) is 11.8 Å². The molecule has 2 heterocycles. The molecule has 23 heavy (non-hydrogen) atoms. The molecule has 4 nitrogen and oxygen atoms in total. The highest BCUT2D eigenvalue weighted by Gasteiger charge is 2.46. The summed E-state index contributed by atoms with van der Waals surface area (Å²) in [5.41, 5.74) is 0. The van der Waals surface area contributed by atoms with Gasteiger partial charge in [0.15, 0.2) is 0 Å². The van der Waals surface area contributed by atoms with Crippen molar-refractivity contribution in [2.45, 2.75) is 69.6 Å². The molecule has 2 saturated heterocycles. The van der Waals surface area contributed by atoms with Crippen molar-refractivity contribution in [2.24, 2.45) is 5.92 Å². The summed E-state index contributed by atoms with van der Waals surface area (Å²) in [6.07, 6.45) is 9.62. The lowest BCUT2D eigenvalue weighted by Crippen LogP contribution is -2.53. The predicted octanol–water partition coefficient (Wildman–Crippen LogP) is 3.26. The van der Waals surface area contributed by atoms with Crippen LogP contribution < -0.4 is 0 Å². The molecule has 0 unspecified atom stereocenters. The van der Waals surface area contributed by atoms with Crippen LogP contribution in [-0.4, -0.2) is 51.9 Å². The molecule has 1 spiro atoms. The summed E-state index contributed by atoms with van der Waals surface area (Å²) in [7, 11) is 0. The molecule has 130 valence electrons. The van der Waals surface area contributed by atoms with Crippen LogP contribution in [0, 0.1) is 5.92 Å². The van der Waals surface area contributed by atoms with Crippen molar-refractivity contribution in [3.63, 3.8) is 0 Å². The van der Waals surface area contributed by atoms with Gasteiger partial charge in [0, 0.05) is 38.2 Å². The van der Waals surface area contributed by atoms with Gasteiger partial charge in [-0.25, -0.2) is 0 Å². The molecule has 3 rings (SSSR count). The largest absolute Gasteiger partial charge is 0.342 e. The summed E-state index contributed by atoms with van der Waals surface area (Å²) in [6, 6.07) is 0. The van der Waals surface area contributed by atoms with Crippen LogP contribution in [0.15, 0.2) is 0 Å². The number of rotatable bonds is 4. The van der Waals surface area contributed by atoms with Crippen LogP contribution in [0.5, 0.6) is 0 Å².